The molecule has 1 aromatic rings. The Morgan fingerprint density at radius 1 is 1.38 bits per heavy atom. The van der Waals surface area contributed by atoms with Crippen molar-refractivity contribution in [1.82, 2.24) is 0 Å². The van der Waals surface area contributed by atoms with E-state index in [4.69, 9.17) is 9.47 Å². The monoisotopic (exact) mass is 382 g/mol. The van der Waals surface area contributed by atoms with Crippen LogP contribution < -0.4 is 9.80 Å². The fraction of sp³-hybridized carbons (Fsp3) is 0.556. The molecule has 8 heteroatoms. The number of nitrogens with zero attached hydrogens (tertiary/aromatic N) is 2. The Bertz CT molecular complexity index is 667. The van der Waals surface area contributed by atoms with Crippen LogP contribution in [-0.2, 0) is 14.3 Å². The van der Waals surface area contributed by atoms with Crippen LogP contribution in [0.25, 0.3) is 0 Å². The summed E-state index contributed by atoms with van der Waals surface area (Å²) >= 11 is 1.86. The molecule has 3 rings (SSSR count). The molecule has 0 bridgehead atoms. The van der Waals surface area contributed by atoms with E-state index < -0.39 is 18.2 Å². The first-order valence-corrected chi connectivity index (χ1v) is 10.0. The van der Waals surface area contributed by atoms with E-state index in [0.717, 1.165) is 37.4 Å². The molecule has 26 heavy (non-hydrogen) atoms. The highest BCUT2D eigenvalue weighted by atomic mass is 32.2. The summed E-state index contributed by atoms with van der Waals surface area (Å²) in [5, 5.41) is 0. The van der Waals surface area contributed by atoms with Crippen molar-refractivity contribution in [2.75, 3.05) is 47.5 Å². The van der Waals surface area contributed by atoms with Crippen molar-refractivity contribution in [3.8, 4) is 0 Å². The lowest BCUT2D eigenvalue weighted by Crippen LogP contribution is -2.33. The molecule has 0 unspecified atom stereocenters. The van der Waals surface area contributed by atoms with Crippen molar-refractivity contribution in [2.24, 2.45) is 0 Å². The minimum absolute atomic E-state index is 0.0307. The second kappa shape index (κ2) is 8.62. The standard InChI is InChI=1S/C18H23FN2O4S/c1-2-3-8-24-17(22)16-12-21(18(23)25-16)13-4-5-15(14(19)11-13)20-6-9-26-10-7-20/h4-5,11,16H,2-3,6-10,12H2,1H3/t16-/m1/s1. The zero-order chi connectivity index (χ0) is 18.5. The highest BCUT2D eigenvalue weighted by Crippen LogP contribution is 2.29. The largest absolute Gasteiger partial charge is 0.463 e. The summed E-state index contributed by atoms with van der Waals surface area (Å²) in [4.78, 5) is 27.3. The Hall–Kier alpha value is -1.96. The van der Waals surface area contributed by atoms with Gasteiger partial charge in [0, 0.05) is 24.6 Å². The highest BCUT2D eigenvalue weighted by Gasteiger charge is 2.38. The molecule has 0 N–H and O–H groups in total. The van der Waals surface area contributed by atoms with Crippen LogP contribution in [0.2, 0.25) is 0 Å². The molecule has 142 valence electrons. The molecule has 2 aliphatic heterocycles. The minimum Gasteiger partial charge on any atom is -0.463 e. The lowest BCUT2D eigenvalue weighted by Gasteiger charge is -2.29. The van der Waals surface area contributed by atoms with Gasteiger partial charge in [-0.05, 0) is 24.6 Å². The molecule has 6 nitrogen and oxygen atoms in total. The number of esters is 1. The van der Waals surface area contributed by atoms with Crippen LogP contribution in [0, 0.1) is 5.82 Å². The number of halogens is 1. The molecule has 0 aromatic heterocycles. The van der Waals surface area contributed by atoms with Crippen molar-refractivity contribution in [1.29, 1.82) is 0 Å². The number of ether oxygens (including phenoxy) is 2. The maximum Gasteiger partial charge on any atom is 0.415 e. The van der Waals surface area contributed by atoms with Crippen molar-refractivity contribution >= 4 is 35.2 Å². The van der Waals surface area contributed by atoms with Crippen molar-refractivity contribution in [3.63, 3.8) is 0 Å². The summed E-state index contributed by atoms with van der Waals surface area (Å²) in [6.45, 7) is 3.94. The normalized spacial score (nSPS) is 20.2. The number of cyclic esters (lactones) is 1. The summed E-state index contributed by atoms with van der Waals surface area (Å²) in [5.41, 5.74) is 0.920. The molecule has 1 aromatic carbocycles. The first-order valence-electron chi connectivity index (χ1n) is 8.87. The lowest BCUT2D eigenvalue weighted by atomic mass is 10.2. The van der Waals surface area contributed by atoms with Gasteiger partial charge in [0.2, 0.25) is 6.10 Å². The van der Waals surface area contributed by atoms with Gasteiger partial charge in [0.1, 0.15) is 5.82 Å². The van der Waals surface area contributed by atoms with Crippen LogP contribution in [0.1, 0.15) is 19.8 Å². The van der Waals surface area contributed by atoms with Gasteiger partial charge in [-0.25, -0.2) is 14.0 Å². The lowest BCUT2D eigenvalue weighted by molar-refractivity contribution is -0.151. The van der Waals surface area contributed by atoms with Gasteiger partial charge in [0.15, 0.2) is 0 Å². The fourth-order valence-electron chi connectivity index (χ4n) is 2.93. The number of thioether (sulfide) groups is 1. The molecule has 1 atom stereocenters. The van der Waals surface area contributed by atoms with Gasteiger partial charge in [-0.2, -0.15) is 11.8 Å². The average Bonchev–Trinajstić information content (AvgIpc) is 3.04. The number of benzene rings is 1. The van der Waals surface area contributed by atoms with Crippen molar-refractivity contribution < 1.29 is 23.5 Å². The zero-order valence-corrected chi connectivity index (χ0v) is 15.6. The number of amides is 1. The number of rotatable bonds is 6. The van der Waals surface area contributed by atoms with E-state index in [-0.39, 0.29) is 12.4 Å². The van der Waals surface area contributed by atoms with E-state index in [9.17, 15) is 14.0 Å². The zero-order valence-electron chi connectivity index (χ0n) is 14.8. The summed E-state index contributed by atoms with van der Waals surface area (Å²) in [6, 6.07) is 4.69. The summed E-state index contributed by atoms with van der Waals surface area (Å²) < 4.78 is 24.7. The molecule has 0 spiro atoms. The smallest absolute Gasteiger partial charge is 0.415 e. The Morgan fingerprint density at radius 2 is 2.15 bits per heavy atom. The summed E-state index contributed by atoms with van der Waals surface area (Å²) in [5.74, 6) is 1.01. The van der Waals surface area contributed by atoms with E-state index >= 15 is 0 Å². The molecule has 2 aliphatic rings. The quantitative estimate of drug-likeness (QED) is 0.557. The maximum atomic E-state index is 14.6. The van der Waals surface area contributed by atoms with Gasteiger partial charge in [-0.3, -0.25) is 4.90 Å². The van der Waals surface area contributed by atoms with E-state index in [2.05, 4.69) is 0 Å². The molecular weight excluding hydrogens is 359 g/mol. The number of carbonyl (C=O) groups excluding carboxylic acids is 2. The van der Waals surface area contributed by atoms with Crippen molar-refractivity contribution in [3.05, 3.63) is 24.0 Å². The minimum atomic E-state index is -0.971. The number of unbranched alkanes of at least 4 members (excludes halogenated alkanes) is 1. The predicted octanol–water partition coefficient (Wildman–Crippen LogP) is 3.05. The molecule has 0 radical (unpaired) electrons. The van der Waals surface area contributed by atoms with E-state index in [0.29, 0.717) is 18.0 Å². The van der Waals surface area contributed by atoms with E-state index in [1.54, 1.807) is 12.1 Å². The third kappa shape index (κ3) is 4.23. The van der Waals surface area contributed by atoms with Crippen LogP contribution in [0.15, 0.2) is 18.2 Å². The van der Waals surface area contributed by atoms with Crippen LogP contribution in [0.3, 0.4) is 0 Å². The Morgan fingerprint density at radius 3 is 2.85 bits per heavy atom. The van der Waals surface area contributed by atoms with Crippen LogP contribution in [-0.4, -0.2) is 55.9 Å². The summed E-state index contributed by atoms with van der Waals surface area (Å²) in [6.07, 6.45) is 0.0355. The Kier molecular flexibility index (Phi) is 6.24. The SMILES string of the molecule is CCCCOC(=O)[C@H]1CN(c2ccc(N3CCSCC3)c(F)c2)C(=O)O1. The summed E-state index contributed by atoms with van der Waals surface area (Å²) in [7, 11) is 0. The third-order valence-electron chi connectivity index (χ3n) is 4.41. The van der Waals surface area contributed by atoms with E-state index in [1.165, 1.54) is 11.0 Å². The van der Waals surface area contributed by atoms with Gasteiger partial charge in [-0.15, -0.1) is 0 Å². The van der Waals surface area contributed by atoms with Gasteiger partial charge < -0.3 is 14.4 Å². The fourth-order valence-corrected chi connectivity index (χ4v) is 3.83. The molecule has 2 saturated heterocycles. The van der Waals surface area contributed by atoms with Crippen molar-refractivity contribution in [2.45, 2.75) is 25.9 Å². The molecule has 0 aliphatic carbocycles. The topological polar surface area (TPSA) is 59.1 Å². The van der Waals surface area contributed by atoms with Crippen LogP contribution in [0.5, 0.6) is 0 Å². The molecular formula is C18H23FN2O4S. The second-order valence-electron chi connectivity index (χ2n) is 6.24. The van der Waals surface area contributed by atoms with Gasteiger partial charge in [-0.1, -0.05) is 13.3 Å². The Labute approximate surface area is 156 Å². The maximum absolute atomic E-state index is 14.6. The number of hydrogen-bond donors (Lipinski definition) is 0. The van der Waals surface area contributed by atoms with Crippen LogP contribution in [0.4, 0.5) is 20.6 Å². The molecule has 0 saturated carbocycles. The number of hydrogen-bond acceptors (Lipinski definition) is 6. The number of anilines is 2. The molecule has 2 heterocycles. The first kappa shape index (κ1) is 18.8. The first-order chi connectivity index (χ1) is 12.6. The molecule has 1 amide bonds. The van der Waals surface area contributed by atoms with Crippen LogP contribution >= 0.6 is 11.8 Å². The van der Waals surface area contributed by atoms with Gasteiger partial charge in [0.05, 0.1) is 24.5 Å². The third-order valence-corrected chi connectivity index (χ3v) is 5.35. The highest BCUT2D eigenvalue weighted by molar-refractivity contribution is 7.99. The second-order valence-corrected chi connectivity index (χ2v) is 7.46. The van der Waals surface area contributed by atoms with Gasteiger partial charge in [0.25, 0.3) is 0 Å². The average molecular weight is 382 g/mol. The Balaban J connectivity index is 1.66. The molecule has 2 fully saturated rings. The van der Waals surface area contributed by atoms with E-state index in [1.807, 2.05) is 23.6 Å². The van der Waals surface area contributed by atoms with Gasteiger partial charge >= 0.3 is 12.1 Å². The predicted molar refractivity (Wildman–Crippen MR) is 99.4 cm³/mol. The number of carbonyl (C=O) groups is 2.